The first-order valence-electron chi connectivity index (χ1n) is 8.52. The Morgan fingerprint density at radius 2 is 1.50 bits per heavy atom. The highest BCUT2D eigenvalue weighted by molar-refractivity contribution is 7.95. The fraction of sp³-hybridized carbons (Fsp3) is 0. The zero-order chi connectivity index (χ0) is 19.9. The van der Waals surface area contributed by atoms with Crippen LogP contribution in [0.2, 0.25) is 0 Å². The molecule has 3 N–H and O–H groups in total. The number of benzene rings is 4. The van der Waals surface area contributed by atoms with Gasteiger partial charge in [0.05, 0.1) is 5.69 Å². The van der Waals surface area contributed by atoms with Crippen molar-refractivity contribution in [3.63, 3.8) is 0 Å². The first-order chi connectivity index (χ1) is 13.4. The van der Waals surface area contributed by atoms with E-state index in [9.17, 15) is 18.6 Å². The highest BCUT2D eigenvalue weighted by Crippen LogP contribution is 2.46. The topological polar surface area (TPSA) is 86.6 Å². The van der Waals surface area contributed by atoms with Crippen molar-refractivity contribution in [2.75, 3.05) is 4.72 Å². The smallest absolute Gasteiger partial charge is 0.254 e. The lowest BCUT2D eigenvalue weighted by molar-refractivity contribution is 0.472. The van der Waals surface area contributed by atoms with Crippen LogP contribution in [0.3, 0.4) is 0 Å². The molecule has 0 aliphatic carbocycles. The lowest BCUT2D eigenvalue weighted by Gasteiger charge is -2.16. The molecule has 0 spiro atoms. The fourth-order valence-corrected chi connectivity index (χ4v) is 3.93. The van der Waals surface area contributed by atoms with Crippen LogP contribution in [0, 0.1) is 0 Å². The van der Waals surface area contributed by atoms with E-state index in [1.54, 1.807) is 36.4 Å². The summed E-state index contributed by atoms with van der Waals surface area (Å²) in [6.45, 7) is 3.32. The molecule has 0 bridgehead atoms. The van der Waals surface area contributed by atoms with Crippen LogP contribution in [-0.2, 0) is 10.0 Å². The van der Waals surface area contributed by atoms with Gasteiger partial charge in [0.15, 0.2) is 0 Å². The summed E-state index contributed by atoms with van der Waals surface area (Å²) in [6.07, 6.45) is 0. The van der Waals surface area contributed by atoms with Crippen molar-refractivity contribution >= 4 is 37.3 Å². The van der Waals surface area contributed by atoms with Crippen molar-refractivity contribution in [1.29, 1.82) is 0 Å². The number of fused-ring (bicyclic) bond motifs is 2. The molecule has 0 amide bonds. The molecule has 140 valence electrons. The maximum atomic E-state index is 12.1. The van der Waals surface area contributed by atoms with E-state index in [0.717, 1.165) is 16.2 Å². The molecular formula is C22H17NO4S. The number of hydrogen-bond donors (Lipinski definition) is 3. The van der Waals surface area contributed by atoms with Gasteiger partial charge in [-0.05, 0) is 22.9 Å². The molecule has 5 nitrogen and oxygen atoms in total. The van der Waals surface area contributed by atoms with Crippen LogP contribution < -0.4 is 4.72 Å². The minimum absolute atomic E-state index is 0.0122. The van der Waals surface area contributed by atoms with Crippen molar-refractivity contribution in [1.82, 2.24) is 0 Å². The summed E-state index contributed by atoms with van der Waals surface area (Å²) in [5.74, 6) is -0.0504. The summed E-state index contributed by atoms with van der Waals surface area (Å²) in [5.41, 5.74) is 1.05. The summed E-state index contributed by atoms with van der Waals surface area (Å²) >= 11 is 0. The van der Waals surface area contributed by atoms with Gasteiger partial charge in [-0.25, -0.2) is 8.42 Å². The molecule has 0 saturated heterocycles. The normalized spacial score (nSPS) is 11.6. The van der Waals surface area contributed by atoms with E-state index in [2.05, 4.69) is 11.3 Å². The predicted molar refractivity (Wildman–Crippen MR) is 113 cm³/mol. The van der Waals surface area contributed by atoms with Gasteiger partial charge >= 0.3 is 0 Å². The highest BCUT2D eigenvalue weighted by atomic mass is 32.2. The van der Waals surface area contributed by atoms with Crippen LogP contribution in [-0.4, -0.2) is 18.6 Å². The highest BCUT2D eigenvalue weighted by Gasteiger charge is 2.19. The van der Waals surface area contributed by atoms with Crippen molar-refractivity contribution < 1.29 is 18.6 Å². The van der Waals surface area contributed by atoms with Crippen LogP contribution in [0.4, 0.5) is 5.69 Å². The molecule has 0 fully saturated rings. The van der Waals surface area contributed by atoms with Crippen LogP contribution in [0.25, 0.3) is 32.7 Å². The van der Waals surface area contributed by atoms with Gasteiger partial charge in [-0.15, -0.1) is 0 Å². The Hall–Kier alpha value is -3.51. The quantitative estimate of drug-likeness (QED) is 0.429. The molecular weight excluding hydrogens is 374 g/mol. The summed E-state index contributed by atoms with van der Waals surface area (Å²) < 4.78 is 26.6. The number of phenolic OH excluding ortho intramolecular Hbond substituents is 2. The Bertz CT molecular complexity index is 1340. The van der Waals surface area contributed by atoms with E-state index in [0.29, 0.717) is 21.9 Å². The third-order valence-corrected chi connectivity index (χ3v) is 5.61. The number of nitrogens with one attached hydrogen (secondary N) is 1. The molecule has 0 saturated carbocycles. The molecule has 4 aromatic carbocycles. The zero-order valence-corrected chi connectivity index (χ0v) is 15.6. The lowest BCUT2D eigenvalue weighted by atomic mass is 9.93. The zero-order valence-electron chi connectivity index (χ0n) is 14.8. The Labute approximate surface area is 162 Å². The van der Waals surface area contributed by atoms with Crippen molar-refractivity contribution in [2.24, 2.45) is 0 Å². The third kappa shape index (κ3) is 2.93. The minimum Gasteiger partial charge on any atom is -0.507 e. The monoisotopic (exact) mass is 391 g/mol. The maximum Gasteiger partial charge on any atom is 0.254 e. The van der Waals surface area contributed by atoms with Gasteiger partial charge in [0.25, 0.3) is 10.0 Å². The van der Waals surface area contributed by atoms with E-state index in [4.69, 9.17) is 0 Å². The van der Waals surface area contributed by atoms with Crippen LogP contribution in [0.5, 0.6) is 11.5 Å². The third-order valence-electron chi connectivity index (χ3n) is 4.66. The average molecular weight is 391 g/mol. The number of aromatic hydroxyl groups is 2. The molecule has 0 aliphatic heterocycles. The Morgan fingerprint density at radius 1 is 0.857 bits per heavy atom. The Morgan fingerprint density at radius 3 is 2.21 bits per heavy atom. The van der Waals surface area contributed by atoms with E-state index in [-0.39, 0.29) is 17.2 Å². The molecule has 0 aliphatic rings. The lowest BCUT2D eigenvalue weighted by Crippen LogP contribution is -2.09. The molecule has 4 aromatic rings. The molecule has 0 radical (unpaired) electrons. The van der Waals surface area contributed by atoms with Crippen molar-refractivity contribution in [3.8, 4) is 22.6 Å². The van der Waals surface area contributed by atoms with Gasteiger partial charge in [0.2, 0.25) is 0 Å². The number of sulfonamides is 1. The van der Waals surface area contributed by atoms with Crippen LogP contribution in [0.15, 0.2) is 78.7 Å². The molecule has 0 aromatic heterocycles. The van der Waals surface area contributed by atoms with E-state index >= 15 is 0 Å². The summed E-state index contributed by atoms with van der Waals surface area (Å²) in [4.78, 5) is 0. The average Bonchev–Trinajstić information content (AvgIpc) is 2.70. The van der Waals surface area contributed by atoms with Gasteiger partial charge in [-0.2, -0.15) is 0 Å². The van der Waals surface area contributed by atoms with Crippen LogP contribution in [0.1, 0.15) is 0 Å². The van der Waals surface area contributed by atoms with Crippen LogP contribution >= 0.6 is 0 Å². The standard InChI is InChI=1S/C22H17NO4S/c1-2-28(26,27)23-19-13-18(22(25)17-10-6-5-9-16(17)19)21-15-8-4-3-7-14(15)11-12-20(21)24/h2-13,23-25H,1H2. The molecule has 6 heteroatoms. The SMILES string of the molecule is C=CS(=O)(=O)Nc1cc(-c2c(O)ccc3ccccc23)c(O)c2ccccc12. The van der Waals surface area contributed by atoms with Gasteiger partial charge in [-0.1, -0.05) is 61.2 Å². The summed E-state index contributed by atoms with van der Waals surface area (Å²) in [5, 5.41) is 25.0. The predicted octanol–water partition coefficient (Wildman–Crippen LogP) is 4.96. The Kier molecular flexibility index (Phi) is 4.20. The first-order valence-corrected chi connectivity index (χ1v) is 10.1. The van der Waals surface area contributed by atoms with E-state index < -0.39 is 10.0 Å². The van der Waals surface area contributed by atoms with Gasteiger partial charge in [0, 0.05) is 27.3 Å². The number of anilines is 1. The second-order valence-corrected chi connectivity index (χ2v) is 7.99. The molecule has 0 unspecified atom stereocenters. The van der Waals surface area contributed by atoms with Crippen molar-refractivity contribution in [2.45, 2.75) is 0 Å². The molecule has 0 heterocycles. The number of rotatable bonds is 4. The first kappa shape index (κ1) is 17.9. The largest absolute Gasteiger partial charge is 0.507 e. The summed E-state index contributed by atoms with van der Waals surface area (Å²) in [7, 11) is -3.76. The molecule has 4 rings (SSSR count). The molecule has 28 heavy (non-hydrogen) atoms. The molecule has 0 atom stereocenters. The number of phenols is 2. The van der Waals surface area contributed by atoms with Gasteiger partial charge in [-0.3, -0.25) is 4.72 Å². The Balaban J connectivity index is 2.11. The van der Waals surface area contributed by atoms with Gasteiger partial charge in [0.1, 0.15) is 11.5 Å². The second kappa shape index (κ2) is 6.58. The van der Waals surface area contributed by atoms with E-state index in [1.165, 1.54) is 6.07 Å². The fourth-order valence-electron chi connectivity index (χ4n) is 3.37. The second-order valence-electron chi connectivity index (χ2n) is 6.36. The maximum absolute atomic E-state index is 12.1. The summed E-state index contributed by atoms with van der Waals surface area (Å²) in [6, 6.07) is 19.2. The number of hydrogen-bond acceptors (Lipinski definition) is 4. The van der Waals surface area contributed by atoms with Crippen molar-refractivity contribution in [3.05, 3.63) is 78.7 Å². The van der Waals surface area contributed by atoms with E-state index in [1.807, 2.05) is 24.3 Å². The van der Waals surface area contributed by atoms with Gasteiger partial charge < -0.3 is 10.2 Å². The minimum atomic E-state index is -3.76.